The fraction of sp³-hybridized carbons (Fsp3) is 0.250. The van der Waals surface area contributed by atoms with E-state index < -0.39 is 17.6 Å². The van der Waals surface area contributed by atoms with Crippen LogP contribution in [0.25, 0.3) is 0 Å². The van der Waals surface area contributed by atoms with Gasteiger partial charge in [0.25, 0.3) is 0 Å². The van der Waals surface area contributed by atoms with Gasteiger partial charge in [0.15, 0.2) is 0 Å². The summed E-state index contributed by atoms with van der Waals surface area (Å²) in [5.74, 6) is -0.888. The molecule has 0 radical (unpaired) electrons. The summed E-state index contributed by atoms with van der Waals surface area (Å²) in [6, 6.07) is 1.34. The van der Waals surface area contributed by atoms with Gasteiger partial charge >= 0.3 is 6.18 Å². The van der Waals surface area contributed by atoms with E-state index in [2.05, 4.69) is 0 Å². The first kappa shape index (κ1) is 11.7. The van der Waals surface area contributed by atoms with E-state index >= 15 is 0 Å². The molecule has 0 aliphatic rings. The number of hydrogen-bond donors (Lipinski definition) is 1. The van der Waals surface area contributed by atoms with Crippen molar-refractivity contribution in [3.63, 3.8) is 0 Å². The Morgan fingerprint density at radius 3 is 2.29 bits per heavy atom. The lowest BCUT2D eigenvalue weighted by atomic mass is 10.1. The van der Waals surface area contributed by atoms with Crippen molar-refractivity contribution in [3.8, 4) is 0 Å². The van der Waals surface area contributed by atoms with Crippen LogP contribution in [0.15, 0.2) is 12.1 Å². The number of halogens is 5. The molecule has 0 bridgehead atoms. The lowest BCUT2D eigenvalue weighted by Crippen LogP contribution is -2.09. The topological polar surface area (TPSA) is 26.0 Å². The standard InChI is InChI=1S/C8H6F4IN/c9-6-2-5(8(10,11)12)1-4(3-14)7(6)13/h1-2H,3,14H2. The van der Waals surface area contributed by atoms with Gasteiger partial charge in [0.1, 0.15) is 5.82 Å². The Kier molecular flexibility index (Phi) is 3.36. The van der Waals surface area contributed by atoms with Crippen molar-refractivity contribution in [2.45, 2.75) is 12.7 Å². The molecule has 14 heavy (non-hydrogen) atoms. The maximum atomic E-state index is 13.0. The van der Waals surface area contributed by atoms with Gasteiger partial charge in [0.05, 0.1) is 9.13 Å². The van der Waals surface area contributed by atoms with Crippen molar-refractivity contribution in [2.24, 2.45) is 5.73 Å². The highest BCUT2D eigenvalue weighted by Gasteiger charge is 2.31. The van der Waals surface area contributed by atoms with Gasteiger partial charge in [0, 0.05) is 6.54 Å². The van der Waals surface area contributed by atoms with Crippen molar-refractivity contribution in [3.05, 3.63) is 32.6 Å². The monoisotopic (exact) mass is 319 g/mol. The Morgan fingerprint density at radius 2 is 1.86 bits per heavy atom. The predicted molar refractivity (Wildman–Crippen MR) is 52.0 cm³/mol. The molecule has 0 atom stereocenters. The van der Waals surface area contributed by atoms with Crippen LogP contribution in [0.1, 0.15) is 11.1 Å². The maximum Gasteiger partial charge on any atom is 0.416 e. The van der Waals surface area contributed by atoms with Gasteiger partial charge in [-0.05, 0) is 40.3 Å². The zero-order valence-corrected chi connectivity index (χ0v) is 8.99. The molecule has 2 N–H and O–H groups in total. The molecular formula is C8H6F4IN. The number of alkyl halides is 3. The molecule has 0 amide bonds. The first-order valence-corrected chi connectivity index (χ1v) is 4.69. The summed E-state index contributed by atoms with van der Waals surface area (Å²) in [7, 11) is 0. The molecule has 0 fully saturated rings. The second-order valence-corrected chi connectivity index (χ2v) is 3.71. The average Bonchev–Trinajstić information content (AvgIpc) is 2.07. The van der Waals surface area contributed by atoms with Gasteiger partial charge in [-0.3, -0.25) is 0 Å². The van der Waals surface area contributed by atoms with Gasteiger partial charge in [-0.25, -0.2) is 4.39 Å². The molecule has 1 nitrogen and oxygen atoms in total. The first-order valence-electron chi connectivity index (χ1n) is 3.61. The fourth-order valence-corrected chi connectivity index (χ4v) is 1.49. The summed E-state index contributed by atoms with van der Waals surface area (Å²) in [6.07, 6.45) is -4.53. The molecule has 1 aromatic carbocycles. The van der Waals surface area contributed by atoms with Crippen molar-refractivity contribution in [1.82, 2.24) is 0 Å². The molecule has 0 saturated carbocycles. The highest BCUT2D eigenvalue weighted by molar-refractivity contribution is 14.1. The van der Waals surface area contributed by atoms with Crippen LogP contribution >= 0.6 is 22.6 Å². The van der Waals surface area contributed by atoms with E-state index in [1.54, 1.807) is 22.6 Å². The average molecular weight is 319 g/mol. The number of rotatable bonds is 1. The van der Waals surface area contributed by atoms with Gasteiger partial charge in [0.2, 0.25) is 0 Å². The van der Waals surface area contributed by atoms with Crippen LogP contribution in [0.4, 0.5) is 17.6 Å². The van der Waals surface area contributed by atoms with Crippen LogP contribution in [0, 0.1) is 9.39 Å². The van der Waals surface area contributed by atoms with Gasteiger partial charge < -0.3 is 5.73 Å². The van der Waals surface area contributed by atoms with E-state index in [9.17, 15) is 17.6 Å². The van der Waals surface area contributed by atoms with Crippen LogP contribution in [0.2, 0.25) is 0 Å². The van der Waals surface area contributed by atoms with Crippen LogP contribution in [0.3, 0.4) is 0 Å². The lowest BCUT2D eigenvalue weighted by molar-refractivity contribution is -0.137. The predicted octanol–water partition coefficient (Wildman–Crippen LogP) is 2.91. The Bertz CT molecular complexity index is 348. The molecule has 0 aliphatic heterocycles. The van der Waals surface area contributed by atoms with E-state index in [4.69, 9.17) is 5.73 Å². The minimum absolute atomic E-state index is 0.112. The third kappa shape index (κ3) is 2.35. The van der Waals surface area contributed by atoms with E-state index in [0.29, 0.717) is 6.07 Å². The third-order valence-electron chi connectivity index (χ3n) is 1.65. The Morgan fingerprint density at radius 1 is 1.29 bits per heavy atom. The Balaban J connectivity index is 3.30. The van der Waals surface area contributed by atoms with E-state index in [0.717, 1.165) is 6.07 Å². The zero-order chi connectivity index (χ0) is 10.9. The summed E-state index contributed by atoms with van der Waals surface area (Å²) in [4.78, 5) is 0. The minimum Gasteiger partial charge on any atom is -0.326 e. The minimum atomic E-state index is -4.53. The van der Waals surface area contributed by atoms with Crippen LogP contribution < -0.4 is 5.73 Å². The lowest BCUT2D eigenvalue weighted by Gasteiger charge is -2.10. The van der Waals surface area contributed by atoms with Gasteiger partial charge in [-0.1, -0.05) is 0 Å². The second-order valence-electron chi connectivity index (χ2n) is 2.63. The molecule has 0 heterocycles. The van der Waals surface area contributed by atoms with Crippen molar-refractivity contribution < 1.29 is 17.6 Å². The summed E-state index contributed by atoms with van der Waals surface area (Å²) in [6.45, 7) is -0.112. The first-order chi connectivity index (χ1) is 6.36. The second kappa shape index (κ2) is 4.01. The Hall–Kier alpha value is -0.370. The molecule has 0 spiro atoms. The Labute approximate surface area is 91.4 Å². The summed E-state index contributed by atoms with van der Waals surface area (Å²) >= 11 is 1.63. The van der Waals surface area contributed by atoms with E-state index in [1.807, 2.05) is 0 Å². The third-order valence-corrected chi connectivity index (χ3v) is 2.86. The smallest absolute Gasteiger partial charge is 0.326 e. The largest absolute Gasteiger partial charge is 0.416 e. The highest BCUT2D eigenvalue weighted by Crippen LogP contribution is 2.32. The number of nitrogens with two attached hydrogens (primary N) is 1. The van der Waals surface area contributed by atoms with Gasteiger partial charge in [-0.15, -0.1) is 0 Å². The molecule has 78 valence electrons. The fourth-order valence-electron chi connectivity index (χ4n) is 0.958. The molecule has 1 rings (SSSR count). The SMILES string of the molecule is NCc1cc(C(F)(F)F)cc(F)c1I. The van der Waals surface area contributed by atoms with Crippen LogP contribution in [-0.2, 0) is 12.7 Å². The molecule has 0 saturated heterocycles. The summed E-state index contributed by atoms with van der Waals surface area (Å²) in [5.41, 5.74) is 4.35. The molecule has 0 aliphatic carbocycles. The quantitative estimate of drug-likeness (QED) is 0.625. The molecule has 1 aromatic rings. The summed E-state index contributed by atoms with van der Waals surface area (Å²) < 4.78 is 49.7. The zero-order valence-electron chi connectivity index (χ0n) is 6.83. The van der Waals surface area contributed by atoms with Crippen LogP contribution in [-0.4, -0.2) is 0 Å². The number of hydrogen-bond acceptors (Lipinski definition) is 1. The van der Waals surface area contributed by atoms with Crippen molar-refractivity contribution in [1.29, 1.82) is 0 Å². The van der Waals surface area contributed by atoms with Crippen LogP contribution in [0.5, 0.6) is 0 Å². The van der Waals surface area contributed by atoms with E-state index in [1.165, 1.54) is 0 Å². The molecule has 0 aromatic heterocycles. The maximum absolute atomic E-state index is 13.0. The summed E-state index contributed by atoms with van der Waals surface area (Å²) in [5, 5.41) is 0. The molecule has 0 unspecified atom stereocenters. The highest BCUT2D eigenvalue weighted by atomic mass is 127. The molecular weight excluding hydrogens is 313 g/mol. The van der Waals surface area contributed by atoms with E-state index in [-0.39, 0.29) is 15.7 Å². The molecule has 6 heteroatoms. The van der Waals surface area contributed by atoms with Gasteiger partial charge in [-0.2, -0.15) is 13.2 Å². The van der Waals surface area contributed by atoms with Crippen molar-refractivity contribution in [2.75, 3.05) is 0 Å². The van der Waals surface area contributed by atoms with Crippen molar-refractivity contribution >= 4 is 22.6 Å². The number of benzene rings is 1. The normalized spacial score (nSPS) is 11.9.